The Morgan fingerprint density at radius 1 is 1.58 bits per heavy atom. The lowest BCUT2D eigenvalue weighted by molar-refractivity contribution is -0.0493. The number of imidazole rings is 1. The molecule has 3 rings (SSSR count). The van der Waals surface area contributed by atoms with Crippen LogP contribution in [0.25, 0.3) is 11.0 Å². The van der Waals surface area contributed by atoms with Crippen molar-refractivity contribution in [2.45, 2.75) is 24.6 Å². The number of nitrogens with one attached hydrogen (secondary N) is 1. The van der Waals surface area contributed by atoms with E-state index in [1.54, 1.807) is 6.07 Å². The first kappa shape index (κ1) is 12.3. The monoisotopic (exact) mass is 269 g/mol. The second-order valence-corrected chi connectivity index (χ2v) is 4.38. The summed E-state index contributed by atoms with van der Waals surface area (Å²) < 4.78 is 20.3. The van der Waals surface area contributed by atoms with Crippen LogP contribution in [0.5, 0.6) is 0 Å². The van der Waals surface area contributed by atoms with Gasteiger partial charge in [-0.2, -0.15) is 0 Å². The van der Waals surface area contributed by atoms with E-state index in [0.29, 0.717) is 5.52 Å². The molecule has 4 atom stereocenters. The van der Waals surface area contributed by atoms with Crippen molar-refractivity contribution in [1.29, 1.82) is 0 Å². The summed E-state index contributed by atoms with van der Waals surface area (Å²) in [6, 6.07) is 1.58. The fourth-order valence-corrected chi connectivity index (χ4v) is 2.26. The van der Waals surface area contributed by atoms with E-state index in [1.807, 2.05) is 0 Å². The molecule has 102 valence electrons. The Balaban J connectivity index is 2.06. The number of aromatic amines is 1. The van der Waals surface area contributed by atoms with Gasteiger partial charge in [0.05, 0.1) is 18.5 Å². The number of nitrogens with zero attached hydrogens (tertiary/aromatic N) is 2. The van der Waals surface area contributed by atoms with Gasteiger partial charge in [-0.15, -0.1) is 0 Å². The van der Waals surface area contributed by atoms with Gasteiger partial charge in [-0.3, -0.25) is 4.79 Å². The summed E-state index contributed by atoms with van der Waals surface area (Å²) >= 11 is 0. The van der Waals surface area contributed by atoms with Crippen LogP contribution in [0.4, 0.5) is 4.39 Å². The first-order valence-corrected chi connectivity index (χ1v) is 5.76. The normalized spacial score (nSPS) is 31.1. The van der Waals surface area contributed by atoms with Gasteiger partial charge in [0.15, 0.2) is 17.9 Å². The fourth-order valence-electron chi connectivity index (χ4n) is 2.26. The molecule has 2 aromatic heterocycles. The highest BCUT2D eigenvalue weighted by atomic mass is 19.1. The molecular formula is C11H12FN3O4. The second kappa shape index (κ2) is 4.41. The van der Waals surface area contributed by atoms with Gasteiger partial charge in [0.25, 0.3) is 5.56 Å². The Morgan fingerprint density at radius 3 is 3.05 bits per heavy atom. The number of aromatic nitrogens is 3. The zero-order valence-electron chi connectivity index (χ0n) is 9.73. The number of aliphatic hydroxyl groups excluding tert-OH is 2. The molecule has 3 N–H and O–H groups in total. The van der Waals surface area contributed by atoms with E-state index in [9.17, 15) is 14.3 Å². The molecule has 1 fully saturated rings. The molecule has 1 saturated heterocycles. The molecule has 8 heteroatoms. The van der Waals surface area contributed by atoms with E-state index in [0.717, 1.165) is 0 Å². The Morgan fingerprint density at radius 2 is 2.37 bits per heavy atom. The lowest BCUT2D eigenvalue weighted by Gasteiger charge is -2.16. The minimum absolute atomic E-state index is 0.182. The van der Waals surface area contributed by atoms with Gasteiger partial charge in [0.1, 0.15) is 12.2 Å². The first-order chi connectivity index (χ1) is 9.13. The van der Waals surface area contributed by atoms with Crippen molar-refractivity contribution < 1.29 is 19.3 Å². The molecule has 0 spiro atoms. The summed E-state index contributed by atoms with van der Waals surface area (Å²) in [6.45, 7) is -0.526. The molecule has 0 radical (unpaired) electrons. The first-order valence-electron chi connectivity index (χ1n) is 5.76. The molecule has 0 unspecified atom stereocenters. The van der Waals surface area contributed by atoms with Crippen molar-refractivity contribution in [3.05, 3.63) is 28.9 Å². The van der Waals surface area contributed by atoms with E-state index in [2.05, 4.69) is 9.97 Å². The van der Waals surface area contributed by atoms with Crippen LogP contribution in [-0.4, -0.2) is 49.7 Å². The molecule has 19 heavy (non-hydrogen) atoms. The molecule has 0 aliphatic carbocycles. The Kier molecular flexibility index (Phi) is 2.85. The van der Waals surface area contributed by atoms with Crippen molar-refractivity contribution in [1.82, 2.24) is 14.5 Å². The third kappa shape index (κ3) is 1.76. The highest BCUT2D eigenvalue weighted by Crippen LogP contribution is 2.32. The maximum Gasteiger partial charge on any atom is 0.276 e. The van der Waals surface area contributed by atoms with Crippen molar-refractivity contribution >= 4 is 11.0 Å². The average molecular weight is 269 g/mol. The number of ether oxygens (including phenoxy) is 1. The van der Waals surface area contributed by atoms with E-state index >= 15 is 0 Å². The lowest BCUT2D eigenvalue weighted by Crippen LogP contribution is -2.29. The summed E-state index contributed by atoms with van der Waals surface area (Å²) in [4.78, 5) is 17.9. The maximum absolute atomic E-state index is 13.7. The number of halogens is 1. The molecule has 1 aliphatic heterocycles. The van der Waals surface area contributed by atoms with Crippen LogP contribution in [0.1, 0.15) is 6.23 Å². The van der Waals surface area contributed by atoms with E-state index in [1.165, 1.54) is 17.1 Å². The average Bonchev–Trinajstić information content (AvgIpc) is 2.94. The number of alkyl halides is 1. The largest absolute Gasteiger partial charge is 0.394 e. The minimum atomic E-state index is -1.69. The summed E-state index contributed by atoms with van der Waals surface area (Å²) in [5.41, 5.74) is 0.235. The van der Waals surface area contributed by atoms with E-state index in [4.69, 9.17) is 9.84 Å². The smallest absolute Gasteiger partial charge is 0.276 e. The Hall–Kier alpha value is -1.77. The third-order valence-electron chi connectivity index (χ3n) is 3.24. The zero-order valence-corrected chi connectivity index (χ0v) is 9.73. The van der Waals surface area contributed by atoms with Crippen molar-refractivity contribution in [2.24, 2.45) is 0 Å². The van der Waals surface area contributed by atoms with Gasteiger partial charge in [0, 0.05) is 6.20 Å². The highest BCUT2D eigenvalue weighted by Gasteiger charge is 2.45. The number of rotatable bonds is 2. The van der Waals surface area contributed by atoms with Crippen molar-refractivity contribution in [2.75, 3.05) is 6.61 Å². The number of aliphatic hydroxyl groups is 2. The number of hydrogen-bond acceptors (Lipinski definition) is 5. The maximum atomic E-state index is 13.7. The summed E-state index contributed by atoms with van der Waals surface area (Å²) in [6.07, 6.45) is -2.47. The predicted molar refractivity (Wildman–Crippen MR) is 62.3 cm³/mol. The highest BCUT2D eigenvalue weighted by molar-refractivity contribution is 5.73. The zero-order chi connectivity index (χ0) is 13.6. The molecule has 1 aliphatic rings. The van der Waals surface area contributed by atoms with Crippen LogP contribution in [0.2, 0.25) is 0 Å². The molecule has 3 heterocycles. The van der Waals surface area contributed by atoms with Crippen LogP contribution < -0.4 is 5.56 Å². The summed E-state index contributed by atoms with van der Waals surface area (Å²) in [7, 11) is 0. The topological polar surface area (TPSA) is 100 Å². The van der Waals surface area contributed by atoms with Gasteiger partial charge in [-0.05, 0) is 6.07 Å². The predicted octanol–water partition coefficient (Wildman–Crippen LogP) is -0.687. The van der Waals surface area contributed by atoms with Gasteiger partial charge in [-0.1, -0.05) is 0 Å². The molecule has 0 bridgehead atoms. The van der Waals surface area contributed by atoms with Crippen LogP contribution in [-0.2, 0) is 4.74 Å². The molecule has 0 saturated carbocycles. The summed E-state index contributed by atoms with van der Waals surface area (Å²) in [5, 5.41) is 18.8. The van der Waals surface area contributed by atoms with Crippen LogP contribution in [0.15, 0.2) is 23.4 Å². The van der Waals surface area contributed by atoms with Gasteiger partial charge in [-0.25, -0.2) is 9.37 Å². The summed E-state index contributed by atoms with van der Waals surface area (Å²) in [5.74, 6) is 0. The number of fused-ring (bicyclic) bond motifs is 1. The number of hydrogen-bond donors (Lipinski definition) is 3. The molecule has 2 aromatic rings. The quantitative estimate of drug-likeness (QED) is 0.670. The Bertz CT molecular complexity index is 655. The number of pyridine rings is 1. The van der Waals surface area contributed by atoms with Crippen LogP contribution in [0.3, 0.4) is 0 Å². The van der Waals surface area contributed by atoms with Crippen molar-refractivity contribution in [3.63, 3.8) is 0 Å². The molecule has 0 amide bonds. The van der Waals surface area contributed by atoms with E-state index < -0.39 is 31.2 Å². The third-order valence-corrected chi connectivity index (χ3v) is 3.24. The SMILES string of the molecule is O=c1[nH]ccc2c1ncn2[C@@H]1O[C@H](CO)[C@H](F)[C@H]1O. The molecule has 7 nitrogen and oxygen atoms in total. The second-order valence-electron chi connectivity index (χ2n) is 4.38. The molecule has 0 aromatic carbocycles. The van der Waals surface area contributed by atoms with E-state index in [-0.39, 0.29) is 11.1 Å². The number of H-pyrrole nitrogens is 1. The van der Waals surface area contributed by atoms with Crippen LogP contribution >= 0.6 is 0 Å². The van der Waals surface area contributed by atoms with Gasteiger partial charge in [0.2, 0.25) is 0 Å². The lowest BCUT2D eigenvalue weighted by atomic mass is 10.1. The minimum Gasteiger partial charge on any atom is -0.394 e. The fraction of sp³-hybridized carbons (Fsp3) is 0.455. The standard InChI is InChI=1S/C11H12FN3O4/c12-7-6(3-16)19-11(9(7)17)15-4-14-8-5(15)1-2-13-10(8)18/h1-2,4,6-7,9,11,16-17H,3H2,(H,13,18)/t6-,7+,9-,11-/m1/s1. The van der Waals surface area contributed by atoms with Crippen LogP contribution in [0, 0.1) is 0 Å². The van der Waals surface area contributed by atoms with Gasteiger partial charge < -0.3 is 24.5 Å². The molecular weight excluding hydrogens is 257 g/mol. The Labute approximate surface area is 106 Å². The van der Waals surface area contributed by atoms with Crippen molar-refractivity contribution in [3.8, 4) is 0 Å². The van der Waals surface area contributed by atoms with Gasteiger partial charge >= 0.3 is 0 Å².